The summed E-state index contributed by atoms with van der Waals surface area (Å²) in [7, 11) is 0. The van der Waals surface area contributed by atoms with E-state index < -0.39 is 18.0 Å². The van der Waals surface area contributed by atoms with Gasteiger partial charge in [-0.15, -0.1) is 0 Å². The van der Waals surface area contributed by atoms with Crippen LogP contribution in [0.5, 0.6) is 0 Å². The second kappa shape index (κ2) is 3.09. The van der Waals surface area contributed by atoms with Crippen molar-refractivity contribution in [2.45, 2.75) is 12.5 Å². The highest BCUT2D eigenvalue weighted by molar-refractivity contribution is 9.10. The number of carboxylic acids is 1. The predicted octanol–water partition coefficient (Wildman–Crippen LogP) is 0.213. The molecule has 1 atom stereocenters. The summed E-state index contributed by atoms with van der Waals surface area (Å²) in [5.41, 5.74) is 0.591. The zero-order chi connectivity index (χ0) is 10.3. The number of rotatable bonds is 1. The van der Waals surface area contributed by atoms with Gasteiger partial charge in [-0.25, -0.2) is 19.1 Å². The predicted molar refractivity (Wildman–Crippen MR) is 49.0 cm³/mol. The van der Waals surface area contributed by atoms with E-state index in [1.165, 1.54) is 10.8 Å². The molecule has 0 aromatic carbocycles. The van der Waals surface area contributed by atoms with Gasteiger partial charge in [0.1, 0.15) is 6.04 Å². The van der Waals surface area contributed by atoms with Gasteiger partial charge in [-0.3, -0.25) is 0 Å². The summed E-state index contributed by atoms with van der Waals surface area (Å²) in [6.07, 6.45) is 1.73. The molecule has 6 nitrogen and oxygen atoms in total. The van der Waals surface area contributed by atoms with Crippen LogP contribution >= 0.6 is 15.9 Å². The van der Waals surface area contributed by atoms with Crippen LogP contribution in [0, 0.1) is 0 Å². The number of carbonyl (C=O) groups excluding carboxylic acids is 1. The highest BCUT2D eigenvalue weighted by Crippen LogP contribution is 2.16. The third-order valence-corrected chi connectivity index (χ3v) is 2.56. The van der Waals surface area contributed by atoms with Crippen molar-refractivity contribution in [1.29, 1.82) is 0 Å². The summed E-state index contributed by atoms with van der Waals surface area (Å²) in [5, 5.41) is 11.1. The highest BCUT2D eigenvalue weighted by atomic mass is 79.9. The summed E-state index contributed by atoms with van der Waals surface area (Å²) in [4.78, 5) is 25.9. The van der Waals surface area contributed by atoms with Gasteiger partial charge in [-0.05, 0) is 15.9 Å². The summed E-state index contributed by atoms with van der Waals surface area (Å²) < 4.78 is 1.69. The van der Waals surface area contributed by atoms with Crippen LogP contribution in [0.4, 0.5) is 4.79 Å². The first-order valence-electron chi connectivity index (χ1n) is 3.85. The number of nitrogens with zero attached hydrogens (tertiary/aromatic N) is 2. The first kappa shape index (κ1) is 9.20. The van der Waals surface area contributed by atoms with Crippen molar-refractivity contribution >= 4 is 27.9 Å². The van der Waals surface area contributed by atoms with Crippen LogP contribution in [-0.4, -0.2) is 32.7 Å². The fraction of sp³-hybridized carbons (Fsp3) is 0.286. The molecule has 1 aromatic heterocycles. The molecule has 2 heterocycles. The summed E-state index contributed by atoms with van der Waals surface area (Å²) in [5.74, 6) is -1.04. The molecule has 74 valence electrons. The number of aliphatic carboxylic acids is 1. The van der Waals surface area contributed by atoms with E-state index in [0.717, 1.165) is 0 Å². The first-order chi connectivity index (χ1) is 6.59. The van der Waals surface area contributed by atoms with Crippen LogP contribution in [0.1, 0.15) is 5.69 Å². The molecule has 1 unspecified atom stereocenters. The van der Waals surface area contributed by atoms with Gasteiger partial charge in [0.05, 0.1) is 11.9 Å². The van der Waals surface area contributed by atoms with E-state index in [1.807, 2.05) is 0 Å². The molecule has 0 radical (unpaired) electrons. The number of aromatic nitrogens is 2. The maximum absolute atomic E-state index is 11.4. The minimum Gasteiger partial charge on any atom is -0.480 e. The van der Waals surface area contributed by atoms with E-state index in [-0.39, 0.29) is 6.42 Å². The van der Waals surface area contributed by atoms with Crippen molar-refractivity contribution in [2.75, 3.05) is 0 Å². The molecule has 2 rings (SSSR count). The third-order valence-electron chi connectivity index (χ3n) is 2.00. The molecule has 1 amide bonds. The van der Waals surface area contributed by atoms with Crippen LogP contribution in [0.15, 0.2) is 10.9 Å². The van der Waals surface area contributed by atoms with Crippen LogP contribution in [-0.2, 0) is 11.2 Å². The minimum absolute atomic E-state index is 0.250. The average molecular weight is 260 g/mol. The van der Waals surface area contributed by atoms with Crippen LogP contribution in [0.3, 0.4) is 0 Å². The van der Waals surface area contributed by atoms with Gasteiger partial charge in [-0.1, -0.05) is 0 Å². The Kier molecular flexibility index (Phi) is 2.03. The Labute approximate surface area is 87.1 Å². The number of halogens is 1. The van der Waals surface area contributed by atoms with Gasteiger partial charge in [0.25, 0.3) is 0 Å². The van der Waals surface area contributed by atoms with Crippen LogP contribution in [0.25, 0.3) is 0 Å². The number of imidazole rings is 1. The number of carboxylic acid groups (broad SMARTS) is 1. The quantitative estimate of drug-likeness (QED) is 0.756. The van der Waals surface area contributed by atoms with Gasteiger partial charge in [0.2, 0.25) is 0 Å². The Bertz CT molecular complexity index is 414. The van der Waals surface area contributed by atoms with E-state index in [0.29, 0.717) is 10.4 Å². The fourth-order valence-electron chi connectivity index (χ4n) is 1.34. The Hall–Kier alpha value is -1.37. The minimum atomic E-state index is -1.04. The lowest BCUT2D eigenvalue weighted by Crippen LogP contribution is -2.48. The van der Waals surface area contributed by atoms with Gasteiger partial charge < -0.3 is 10.4 Å². The van der Waals surface area contributed by atoms with Gasteiger partial charge in [0.15, 0.2) is 4.73 Å². The zero-order valence-corrected chi connectivity index (χ0v) is 8.48. The molecule has 0 saturated heterocycles. The normalized spacial score (nSPS) is 20.1. The van der Waals surface area contributed by atoms with Gasteiger partial charge in [0, 0.05) is 6.42 Å². The molecule has 0 aliphatic carbocycles. The molecule has 0 spiro atoms. The lowest BCUT2D eigenvalue weighted by Gasteiger charge is -2.21. The number of fused-ring (bicyclic) bond motifs is 1. The SMILES string of the molecule is O=C(O)C1Cc2cnc(Br)n2C(=O)N1. The average Bonchev–Trinajstić information content (AvgIpc) is 2.48. The number of carbonyl (C=O) groups is 2. The van der Waals surface area contributed by atoms with E-state index in [2.05, 4.69) is 26.2 Å². The second-order valence-electron chi connectivity index (χ2n) is 2.90. The largest absolute Gasteiger partial charge is 0.480 e. The van der Waals surface area contributed by atoms with Crippen molar-refractivity contribution in [2.24, 2.45) is 0 Å². The van der Waals surface area contributed by atoms with E-state index in [1.54, 1.807) is 0 Å². The lowest BCUT2D eigenvalue weighted by atomic mass is 10.1. The fourth-order valence-corrected chi connectivity index (χ4v) is 1.83. The first-order valence-corrected chi connectivity index (χ1v) is 4.64. The molecule has 1 aliphatic rings. The zero-order valence-electron chi connectivity index (χ0n) is 6.90. The molecule has 0 bridgehead atoms. The molecule has 1 aromatic rings. The molecule has 2 N–H and O–H groups in total. The number of hydrogen-bond donors (Lipinski definition) is 2. The molecular formula is C7H6BrN3O3. The smallest absolute Gasteiger partial charge is 0.328 e. The van der Waals surface area contributed by atoms with Crippen LogP contribution in [0.2, 0.25) is 0 Å². The van der Waals surface area contributed by atoms with Crippen molar-refractivity contribution in [3.63, 3.8) is 0 Å². The summed E-state index contributed by atoms with van der Waals surface area (Å²) in [6.45, 7) is 0. The number of amides is 1. The van der Waals surface area contributed by atoms with E-state index in [4.69, 9.17) is 5.11 Å². The maximum atomic E-state index is 11.4. The van der Waals surface area contributed by atoms with Crippen molar-refractivity contribution in [1.82, 2.24) is 14.9 Å². The maximum Gasteiger partial charge on any atom is 0.328 e. The summed E-state index contributed by atoms with van der Waals surface area (Å²) in [6, 6.07) is -1.33. The lowest BCUT2D eigenvalue weighted by molar-refractivity contribution is -0.139. The molecule has 0 saturated carbocycles. The molecule has 0 fully saturated rings. The van der Waals surface area contributed by atoms with Crippen LogP contribution < -0.4 is 5.32 Å². The van der Waals surface area contributed by atoms with Crippen molar-refractivity contribution < 1.29 is 14.7 Å². The van der Waals surface area contributed by atoms with Gasteiger partial charge in [-0.2, -0.15) is 0 Å². The molecular weight excluding hydrogens is 254 g/mol. The van der Waals surface area contributed by atoms with E-state index >= 15 is 0 Å². The third kappa shape index (κ3) is 1.29. The second-order valence-corrected chi connectivity index (χ2v) is 3.61. The Morgan fingerprint density at radius 1 is 1.79 bits per heavy atom. The standard InChI is InChI=1S/C7H6BrN3O3/c8-6-9-2-3-1-4(5(12)13)10-7(14)11(3)6/h2,4H,1H2,(H,10,14)(H,12,13). The van der Waals surface area contributed by atoms with E-state index in [9.17, 15) is 9.59 Å². The molecule has 14 heavy (non-hydrogen) atoms. The number of nitrogens with one attached hydrogen (secondary N) is 1. The molecule has 1 aliphatic heterocycles. The van der Waals surface area contributed by atoms with Crippen molar-refractivity contribution in [3.8, 4) is 0 Å². The van der Waals surface area contributed by atoms with Crippen molar-refractivity contribution in [3.05, 3.63) is 16.6 Å². The Morgan fingerprint density at radius 3 is 3.14 bits per heavy atom. The molecule has 7 heteroatoms. The van der Waals surface area contributed by atoms with Gasteiger partial charge >= 0.3 is 12.0 Å². The monoisotopic (exact) mass is 259 g/mol. The summed E-state index contributed by atoms with van der Waals surface area (Å²) >= 11 is 3.09. The Morgan fingerprint density at radius 2 is 2.50 bits per heavy atom. The highest BCUT2D eigenvalue weighted by Gasteiger charge is 2.30. The Balaban J connectivity index is 2.39. The number of hydrogen-bond acceptors (Lipinski definition) is 3. The topological polar surface area (TPSA) is 84.2 Å².